The summed E-state index contributed by atoms with van der Waals surface area (Å²) in [6.45, 7) is 5.78. The Morgan fingerprint density at radius 2 is 2.19 bits per heavy atom. The van der Waals surface area contributed by atoms with Gasteiger partial charge in [-0.3, -0.25) is 0 Å². The summed E-state index contributed by atoms with van der Waals surface area (Å²) in [5.41, 5.74) is 0.829. The fourth-order valence-corrected chi connectivity index (χ4v) is 4.39. The molecule has 5 heteroatoms. The molecule has 4 atom stereocenters. The Morgan fingerprint density at radius 1 is 1.43 bits per heavy atom. The second-order valence-corrected chi connectivity index (χ2v) is 7.48. The summed E-state index contributed by atoms with van der Waals surface area (Å²) in [5, 5.41) is 14.9. The smallest absolute Gasteiger partial charge is 0.0928 e. The van der Waals surface area contributed by atoms with Gasteiger partial charge in [-0.15, -0.1) is 0 Å². The van der Waals surface area contributed by atoms with Crippen molar-refractivity contribution >= 4 is 23.2 Å². The average molecular weight is 330 g/mol. The molecule has 0 spiro atoms. The molecular formula is C16H21Cl2NO2. The number of hydrogen-bond donors (Lipinski definition) is 2. The largest absolute Gasteiger partial charge is 0.387 e. The molecule has 4 unspecified atom stereocenters. The Morgan fingerprint density at radius 3 is 2.90 bits per heavy atom. The van der Waals surface area contributed by atoms with Gasteiger partial charge in [-0.05, 0) is 18.6 Å². The van der Waals surface area contributed by atoms with Crippen LogP contribution in [0.1, 0.15) is 31.9 Å². The fraction of sp³-hybridized carbons (Fsp3) is 0.625. The summed E-state index contributed by atoms with van der Waals surface area (Å²) >= 11 is 12.0. The van der Waals surface area contributed by atoms with E-state index in [4.69, 9.17) is 27.9 Å². The number of fused-ring (bicyclic) bond motifs is 1. The monoisotopic (exact) mass is 329 g/mol. The van der Waals surface area contributed by atoms with E-state index in [1.165, 1.54) is 0 Å². The quantitative estimate of drug-likeness (QED) is 0.889. The average Bonchev–Trinajstić information content (AvgIpc) is 2.85. The number of nitrogens with one attached hydrogen (secondary N) is 1. The first kappa shape index (κ1) is 15.6. The first-order valence-electron chi connectivity index (χ1n) is 7.39. The van der Waals surface area contributed by atoms with Crippen molar-refractivity contribution in [2.75, 3.05) is 13.2 Å². The van der Waals surface area contributed by atoms with Gasteiger partial charge >= 0.3 is 0 Å². The van der Waals surface area contributed by atoms with Gasteiger partial charge in [-0.1, -0.05) is 43.1 Å². The topological polar surface area (TPSA) is 41.5 Å². The van der Waals surface area contributed by atoms with Crippen molar-refractivity contribution in [2.24, 2.45) is 11.3 Å². The number of benzene rings is 1. The Bertz CT molecular complexity index is 535. The highest BCUT2D eigenvalue weighted by atomic mass is 35.5. The molecule has 0 aromatic heterocycles. The summed E-state index contributed by atoms with van der Waals surface area (Å²) in [7, 11) is 0. The molecule has 2 fully saturated rings. The second-order valence-electron chi connectivity index (χ2n) is 6.63. The molecule has 0 radical (unpaired) electrons. The van der Waals surface area contributed by atoms with Crippen LogP contribution in [0.15, 0.2) is 18.2 Å². The van der Waals surface area contributed by atoms with E-state index in [9.17, 15) is 5.11 Å². The lowest BCUT2D eigenvalue weighted by atomic mass is 9.57. The molecule has 0 bridgehead atoms. The predicted octanol–water partition coefficient (Wildman–Crippen LogP) is 3.43. The van der Waals surface area contributed by atoms with Gasteiger partial charge in [0.05, 0.1) is 12.2 Å². The van der Waals surface area contributed by atoms with Crippen LogP contribution in [-0.2, 0) is 4.74 Å². The van der Waals surface area contributed by atoms with Gasteiger partial charge in [-0.25, -0.2) is 0 Å². The highest BCUT2D eigenvalue weighted by molar-refractivity contribution is 6.35. The van der Waals surface area contributed by atoms with Crippen molar-refractivity contribution in [3.05, 3.63) is 33.8 Å². The summed E-state index contributed by atoms with van der Waals surface area (Å²) in [6, 6.07) is 5.58. The first-order chi connectivity index (χ1) is 9.91. The van der Waals surface area contributed by atoms with Gasteiger partial charge in [0.2, 0.25) is 0 Å². The molecule has 1 saturated carbocycles. The number of rotatable bonds is 4. The van der Waals surface area contributed by atoms with Gasteiger partial charge in [0.15, 0.2) is 0 Å². The van der Waals surface area contributed by atoms with Gasteiger partial charge < -0.3 is 15.2 Å². The molecule has 0 amide bonds. The van der Waals surface area contributed by atoms with Crippen LogP contribution in [0.25, 0.3) is 0 Å². The van der Waals surface area contributed by atoms with Crippen LogP contribution in [0.5, 0.6) is 0 Å². The van der Waals surface area contributed by atoms with Crippen LogP contribution < -0.4 is 5.32 Å². The molecule has 3 nitrogen and oxygen atoms in total. The van der Waals surface area contributed by atoms with E-state index in [0.29, 0.717) is 40.2 Å². The van der Waals surface area contributed by atoms with Gasteiger partial charge in [-0.2, -0.15) is 0 Å². The third-order valence-corrected chi connectivity index (χ3v) is 5.52. The van der Waals surface area contributed by atoms with Gasteiger partial charge in [0.1, 0.15) is 0 Å². The van der Waals surface area contributed by atoms with E-state index in [1.54, 1.807) is 18.2 Å². The summed E-state index contributed by atoms with van der Waals surface area (Å²) in [6.07, 6.45) is 0.821. The van der Waals surface area contributed by atoms with Crippen molar-refractivity contribution < 1.29 is 9.84 Å². The Hall–Kier alpha value is -0.320. The molecule has 1 aromatic rings. The molecule has 116 valence electrons. The molecule has 2 N–H and O–H groups in total. The van der Waals surface area contributed by atoms with Crippen LogP contribution in [0.2, 0.25) is 10.0 Å². The number of aliphatic hydroxyl groups is 1. The Kier molecular flexibility index (Phi) is 4.23. The van der Waals surface area contributed by atoms with Crippen molar-refractivity contribution in [1.29, 1.82) is 0 Å². The van der Waals surface area contributed by atoms with Crippen molar-refractivity contribution in [3.8, 4) is 0 Å². The highest BCUT2D eigenvalue weighted by Gasteiger charge is 2.58. The zero-order valence-electron chi connectivity index (χ0n) is 12.3. The maximum atomic E-state index is 10.4. The molecule has 1 saturated heterocycles. The van der Waals surface area contributed by atoms with Crippen LogP contribution in [0.3, 0.4) is 0 Å². The lowest BCUT2D eigenvalue weighted by Gasteiger charge is -2.55. The Labute approximate surface area is 135 Å². The summed E-state index contributed by atoms with van der Waals surface area (Å²) in [5.74, 6) is 0.563. The van der Waals surface area contributed by atoms with Crippen molar-refractivity contribution in [1.82, 2.24) is 5.32 Å². The standard InChI is InChI=1S/C16H21Cl2NO2/c1-16(2)14(11-5-6-21-15(11)16)19-8-13(20)10-4-3-9(17)7-12(10)18/h3-4,7,11,13-15,19-20H,5-6,8H2,1-2H3. The van der Waals surface area contributed by atoms with Crippen molar-refractivity contribution in [3.63, 3.8) is 0 Å². The van der Waals surface area contributed by atoms with E-state index in [0.717, 1.165) is 13.0 Å². The van der Waals surface area contributed by atoms with Gasteiger partial charge in [0, 0.05) is 46.1 Å². The van der Waals surface area contributed by atoms with E-state index < -0.39 is 6.10 Å². The maximum absolute atomic E-state index is 10.4. The third-order valence-electron chi connectivity index (χ3n) is 4.95. The zero-order valence-corrected chi connectivity index (χ0v) is 13.8. The molecule has 2 aliphatic rings. The minimum atomic E-state index is -0.632. The molecule has 1 aliphatic carbocycles. The summed E-state index contributed by atoms with van der Waals surface area (Å²) in [4.78, 5) is 0. The van der Waals surface area contributed by atoms with Crippen LogP contribution in [-0.4, -0.2) is 30.4 Å². The molecule has 1 heterocycles. The molecular weight excluding hydrogens is 309 g/mol. The van der Waals surface area contributed by atoms with Crippen LogP contribution >= 0.6 is 23.2 Å². The minimum absolute atomic E-state index is 0.116. The molecule has 1 aliphatic heterocycles. The molecule has 1 aromatic carbocycles. The van der Waals surface area contributed by atoms with E-state index in [2.05, 4.69) is 19.2 Å². The highest BCUT2D eigenvalue weighted by Crippen LogP contribution is 2.52. The van der Waals surface area contributed by atoms with Crippen molar-refractivity contribution in [2.45, 2.75) is 38.5 Å². The maximum Gasteiger partial charge on any atom is 0.0928 e. The Balaban J connectivity index is 1.62. The zero-order chi connectivity index (χ0) is 15.2. The van der Waals surface area contributed by atoms with Crippen LogP contribution in [0.4, 0.5) is 0 Å². The van der Waals surface area contributed by atoms with E-state index in [-0.39, 0.29) is 5.41 Å². The molecule has 3 rings (SSSR count). The minimum Gasteiger partial charge on any atom is -0.387 e. The summed E-state index contributed by atoms with van der Waals surface area (Å²) < 4.78 is 5.78. The first-order valence-corrected chi connectivity index (χ1v) is 8.15. The lowest BCUT2D eigenvalue weighted by molar-refractivity contribution is -0.114. The number of ether oxygens (including phenoxy) is 1. The predicted molar refractivity (Wildman–Crippen MR) is 84.8 cm³/mol. The van der Waals surface area contributed by atoms with Crippen LogP contribution in [0, 0.1) is 11.3 Å². The fourth-order valence-electron chi connectivity index (χ4n) is 3.86. The molecule has 21 heavy (non-hydrogen) atoms. The van der Waals surface area contributed by atoms with E-state index >= 15 is 0 Å². The lowest BCUT2D eigenvalue weighted by Crippen LogP contribution is -2.66. The van der Waals surface area contributed by atoms with E-state index in [1.807, 2.05) is 0 Å². The normalized spacial score (nSPS) is 31.6. The second kappa shape index (κ2) is 5.71. The SMILES string of the molecule is CC1(C)C(NCC(O)c2ccc(Cl)cc2Cl)C2CCOC21. The number of halogens is 2. The number of hydrogen-bond acceptors (Lipinski definition) is 3. The third kappa shape index (κ3) is 2.71. The van der Waals surface area contributed by atoms with Gasteiger partial charge in [0.25, 0.3) is 0 Å². The number of aliphatic hydroxyl groups excluding tert-OH is 1.